The molecule has 0 aliphatic heterocycles. The number of nitrogens with two attached hydrogens (primary N) is 1. The van der Waals surface area contributed by atoms with Gasteiger partial charge in [0.15, 0.2) is 0 Å². The third kappa shape index (κ3) is 3.12. The fourth-order valence-electron chi connectivity index (χ4n) is 1.80. The van der Waals surface area contributed by atoms with E-state index in [9.17, 15) is 0 Å². The molecule has 0 aromatic rings. The highest BCUT2D eigenvalue weighted by molar-refractivity contribution is 5.05. The molecule has 1 aliphatic rings. The van der Waals surface area contributed by atoms with Crippen molar-refractivity contribution in [2.75, 3.05) is 13.6 Å². The lowest BCUT2D eigenvalue weighted by Gasteiger charge is -2.26. The summed E-state index contributed by atoms with van der Waals surface area (Å²) < 4.78 is 0. The Kier molecular flexibility index (Phi) is 3.94. The van der Waals surface area contributed by atoms with Crippen LogP contribution < -0.4 is 5.73 Å². The second-order valence-corrected chi connectivity index (χ2v) is 4.24. The van der Waals surface area contributed by atoms with Crippen molar-refractivity contribution in [3.8, 4) is 0 Å². The van der Waals surface area contributed by atoms with E-state index in [2.05, 4.69) is 37.9 Å². The normalized spacial score (nSPS) is 29.9. The highest BCUT2D eigenvalue weighted by Gasteiger charge is 2.18. The van der Waals surface area contributed by atoms with Crippen LogP contribution in [-0.2, 0) is 0 Å². The van der Waals surface area contributed by atoms with Crippen LogP contribution >= 0.6 is 0 Å². The van der Waals surface area contributed by atoms with Crippen LogP contribution in [0.5, 0.6) is 0 Å². The molecule has 0 radical (unpaired) electrons. The SMILES string of the molecule is CCC(C)N(C)CC1C=CC(N)C1. The number of nitrogens with zero attached hydrogens (tertiary/aromatic N) is 1. The molecule has 0 amide bonds. The van der Waals surface area contributed by atoms with Crippen LogP contribution in [0.4, 0.5) is 0 Å². The van der Waals surface area contributed by atoms with E-state index in [1.165, 1.54) is 6.42 Å². The van der Waals surface area contributed by atoms with Crippen LogP contribution in [0.2, 0.25) is 0 Å². The zero-order chi connectivity index (χ0) is 9.84. The van der Waals surface area contributed by atoms with Crippen molar-refractivity contribution in [3.05, 3.63) is 12.2 Å². The van der Waals surface area contributed by atoms with Gasteiger partial charge in [0.1, 0.15) is 0 Å². The molecule has 1 aliphatic carbocycles. The number of hydrogen-bond acceptors (Lipinski definition) is 2. The van der Waals surface area contributed by atoms with E-state index in [-0.39, 0.29) is 0 Å². The Morgan fingerprint density at radius 1 is 1.54 bits per heavy atom. The minimum atomic E-state index is 0.301. The molecule has 0 saturated carbocycles. The fraction of sp³-hybridized carbons (Fsp3) is 0.818. The Morgan fingerprint density at radius 3 is 2.69 bits per heavy atom. The van der Waals surface area contributed by atoms with E-state index >= 15 is 0 Å². The van der Waals surface area contributed by atoms with E-state index < -0.39 is 0 Å². The van der Waals surface area contributed by atoms with Crippen LogP contribution in [0.1, 0.15) is 26.7 Å². The smallest absolute Gasteiger partial charge is 0.0229 e. The molecule has 2 N–H and O–H groups in total. The number of hydrogen-bond donors (Lipinski definition) is 1. The molecule has 0 saturated heterocycles. The summed E-state index contributed by atoms with van der Waals surface area (Å²) in [6, 6.07) is 0.987. The molecule has 1 rings (SSSR count). The standard InChI is InChI=1S/C11H22N2/c1-4-9(2)13(3)8-10-5-6-11(12)7-10/h5-6,9-11H,4,7-8,12H2,1-3H3. The minimum Gasteiger partial charge on any atom is -0.324 e. The zero-order valence-electron chi connectivity index (χ0n) is 9.03. The van der Waals surface area contributed by atoms with E-state index in [1.807, 2.05) is 0 Å². The van der Waals surface area contributed by atoms with Gasteiger partial charge in [0, 0.05) is 18.6 Å². The zero-order valence-corrected chi connectivity index (χ0v) is 9.03. The second kappa shape index (κ2) is 4.77. The van der Waals surface area contributed by atoms with Crippen molar-refractivity contribution in [1.82, 2.24) is 4.90 Å². The Labute approximate surface area is 81.8 Å². The Balaban J connectivity index is 2.29. The molecule has 0 aromatic heterocycles. The van der Waals surface area contributed by atoms with Crippen LogP contribution in [0.3, 0.4) is 0 Å². The third-order valence-electron chi connectivity index (χ3n) is 3.07. The van der Waals surface area contributed by atoms with E-state index in [1.54, 1.807) is 0 Å². The van der Waals surface area contributed by atoms with Gasteiger partial charge in [-0.2, -0.15) is 0 Å². The summed E-state index contributed by atoms with van der Waals surface area (Å²) in [5, 5.41) is 0. The summed E-state index contributed by atoms with van der Waals surface area (Å²) in [7, 11) is 2.20. The quantitative estimate of drug-likeness (QED) is 0.669. The van der Waals surface area contributed by atoms with Gasteiger partial charge in [0.05, 0.1) is 0 Å². The summed E-state index contributed by atoms with van der Waals surface area (Å²) in [6.07, 6.45) is 6.75. The maximum Gasteiger partial charge on any atom is 0.0229 e. The predicted molar refractivity (Wildman–Crippen MR) is 57.6 cm³/mol. The molecule has 2 heteroatoms. The summed E-state index contributed by atoms with van der Waals surface area (Å²) in [4.78, 5) is 2.42. The van der Waals surface area contributed by atoms with Crippen molar-refractivity contribution < 1.29 is 0 Å². The topological polar surface area (TPSA) is 29.3 Å². The van der Waals surface area contributed by atoms with E-state index in [4.69, 9.17) is 5.73 Å². The largest absolute Gasteiger partial charge is 0.324 e. The number of rotatable bonds is 4. The summed E-state index contributed by atoms with van der Waals surface area (Å²) in [6.45, 7) is 5.66. The first kappa shape index (κ1) is 10.7. The molecular weight excluding hydrogens is 160 g/mol. The Hall–Kier alpha value is -0.340. The van der Waals surface area contributed by atoms with Crippen molar-refractivity contribution >= 4 is 0 Å². The third-order valence-corrected chi connectivity index (χ3v) is 3.07. The maximum absolute atomic E-state index is 5.80. The monoisotopic (exact) mass is 182 g/mol. The highest BCUT2D eigenvalue weighted by atomic mass is 15.1. The summed E-state index contributed by atoms with van der Waals surface area (Å²) >= 11 is 0. The highest BCUT2D eigenvalue weighted by Crippen LogP contribution is 2.18. The van der Waals surface area contributed by atoms with Crippen LogP contribution in [0.25, 0.3) is 0 Å². The van der Waals surface area contributed by atoms with Crippen molar-refractivity contribution in [2.24, 2.45) is 11.7 Å². The molecule has 0 heterocycles. The molecular formula is C11H22N2. The first-order chi connectivity index (χ1) is 6.13. The fourth-order valence-corrected chi connectivity index (χ4v) is 1.80. The molecule has 3 unspecified atom stereocenters. The van der Waals surface area contributed by atoms with Gasteiger partial charge in [-0.15, -0.1) is 0 Å². The van der Waals surface area contributed by atoms with E-state index in [0.29, 0.717) is 18.0 Å². The maximum atomic E-state index is 5.80. The summed E-state index contributed by atoms with van der Waals surface area (Å²) in [5.41, 5.74) is 5.80. The van der Waals surface area contributed by atoms with Gasteiger partial charge < -0.3 is 10.6 Å². The molecule has 0 fully saturated rings. The second-order valence-electron chi connectivity index (χ2n) is 4.24. The first-order valence-corrected chi connectivity index (χ1v) is 5.27. The molecule has 13 heavy (non-hydrogen) atoms. The van der Waals surface area contributed by atoms with E-state index in [0.717, 1.165) is 13.0 Å². The van der Waals surface area contributed by atoms with Gasteiger partial charge >= 0.3 is 0 Å². The first-order valence-electron chi connectivity index (χ1n) is 5.27. The average Bonchev–Trinajstić information content (AvgIpc) is 2.49. The van der Waals surface area contributed by atoms with Gasteiger partial charge in [-0.1, -0.05) is 19.1 Å². The average molecular weight is 182 g/mol. The van der Waals surface area contributed by atoms with Gasteiger partial charge in [0.2, 0.25) is 0 Å². The van der Waals surface area contributed by atoms with Crippen LogP contribution in [0, 0.1) is 5.92 Å². The molecule has 2 nitrogen and oxygen atoms in total. The Morgan fingerprint density at radius 2 is 2.23 bits per heavy atom. The van der Waals surface area contributed by atoms with Crippen molar-refractivity contribution in [3.63, 3.8) is 0 Å². The lowest BCUT2D eigenvalue weighted by atomic mass is 10.1. The lowest BCUT2D eigenvalue weighted by Crippen LogP contribution is -2.33. The van der Waals surface area contributed by atoms with Crippen molar-refractivity contribution in [2.45, 2.75) is 38.8 Å². The van der Waals surface area contributed by atoms with Crippen molar-refractivity contribution in [1.29, 1.82) is 0 Å². The van der Waals surface area contributed by atoms with Gasteiger partial charge in [-0.05, 0) is 32.7 Å². The van der Waals surface area contributed by atoms with Crippen LogP contribution in [0.15, 0.2) is 12.2 Å². The predicted octanol–water partition coefficient (Wildman–Crippen LogP) is 1.62. The summed E-state index contributed by atoms with van der Waals surface area (Å²) in [5.74, 6) is 0.675. The molecule has 0 spiro atoms. The molecule has 0 aromatic carbocycles. The van der Waals surface area contributed by atoms with Crippen LogP contribution in [-0.4, -0.2) is 30.6 Å². The minimum absolute atomic E-state index is 0.301. The molecule has 76 valence electrons. The molecule has 3 atom stereocenters. The lowest BCUT2D eigenvalue weighted by molar-refractivity contribution is 0.226. The van der Waals surface area contributed by atoms with Gasteiger partial charge in [-0.25, -0.2) is 0 Å². The Bertz CT molecular complexity index is 177. The molecule has 0 bridgehead atoms. The van der Waals surface area contributed by atoms with Gasteiger partial charge in [-0.3, -0.25) is 0 Å². The van der Waals surface area contributed by atoms with Gasteiger partial charge in [0.25, 0.3) is 0 Å².